The van der Waals surface area contributed by atoms with Crippen LogP contribution in [0.1, 0.15) is 19.3 Å². The van der Waals surface area contributed by atoms with Crippen LogP contribution in [-0.2, 0) is 0 Å². The number of nitrogens with two attached hydrogens (primary N) is 1. The fourth-order valence-electron chi connectivity index (χ4n) is 2.26. The molecule has 2 saturated heterocycles. The van der Waals surface area contributed by atoms with Crippen molar-refractivity contribution in [2.45, 2.75) is 37.4 Å². The zero-order valence-electron chi connectivity index (χ0n) is 6.46. The number of hydrogen-bond acceptors (Lipinski definition) is 2. The molecule has 2 fully saturated rings. The van der Waals surface area contributed by atoms with Crippen molar-refractivity contribution in [3.8, 4) is 0 Å². The molecule has 0 aromatic carbocycles. The first-order chi connectivity index (χ1) is 4.79. The molecule has 10 heavy (non-hydrogen) atoms. The number of piperidine rings is 1. The van der Waals surface area contributed by atoms with Crippen molar-refractivity contribution in [3.05, 3.63) is 6.42 Å². The van der Waals surface area contributed by atoms with Crippen molar-refractivity contribution in [2.24, 2.45) is 5.73 Å². The van der Waals surface area contributed by atoms with Crippen molar-refractivity contribution in [1.29, 1.82) is 0 Å². The van der Waals surface area contributed by atoms with Gasteiger partial charge in [-0.3, -0.25) is 4.90 Å². The van der Waals surface area contributed by atoms with Crippen LogP contribution in [0.2, 0.25) is 0 Å². The van der Waals surface area contributed by atoms with E-state index in [1.165, 1.54) is 19.3 Å². The highest BCUT2D eigenvalue weighted by Crippen LogP contribution is 2.32. The highest BCUT2D eigenvalue weighted by molar-refractivity contribution is 5.04. The molecule has 0 aromatic heterocycles. The van der Waals surface area contributed by atoms with Crippen LogP contribution in [0.25, 0.3) is 0 Å². The molecule has 2 aliphatic rings. The molecular formula is C8H15N2. The minimum absolute atomic E-state index is 0.337. The summed E-state index contributed by atoms with van der Waals surface area (Å²) in [6.45, 7) is 0. The van der Waals surface area contributed by atoms with E-state index in [1.807, 2.05) is 0 Å². The third-order valence-electron chi connectivity index (χ3n) is 3.02. The second-order valence-electron chi connectivity index (χ2n) is 3.51. The van der Waals surface area contributed by atoms with E-state index in [-0.39, 0.29) is 0 Å². The molecule has 2 aliphatic heterocycles. The molecule has 2 heterocycles. The average molecular weight is 139 g/mol. The molecule has 3 unspecified atom stereocenters. The minimum Gasteiger partial charge on any atom is -0.326 e. The second kappa shape index (κ2) is 2.21. The van der Waals surface area contributed by atoms with E-state index in [0.29, 0.717) is 12.1 Å². The molecule has 0 saturated carbocycles. The standard InChI is InChI=1S/C8H15N2/c1-10-6-2-4-7(9)8(10)5-3-6/h4,6-8H,2-3,5,9H2,1H3. The van der Waals surface area contributed by atoms with Gasteiger partial charge < -0.3 is 5.73 Å². The molecule has 0 spiro atoms. The molecule has 2 N–H and O–H groups in total. The van der Waals surface area contributed by atoms with Crippen LogP contribution < -0.4 is 5.73 Å². The summed E-state index contributed by atoms with van der Waals surface area (Å²) in [7, 11) is 2.20. The number of nitrogens with zero attached hydrogens (tertiary/aromatic N) is 1. The molecule has 0 aliphatic carbocycles. The third-order valence-corrected chi connectivity index (χ3v) is 3.02. The Morgan fingerprint density at radius 1 is 1.50 bits per heavy atom. The summed E-state index contributed by atoms with van der Waals surface area (Å²) in [6, 6.07) is 1.80. The lowest BCUT2D eigenvalue weighted by Crippen LogP contribution is -2.49. The molecule has 2 nitrogen and oxygen atoms in total. The van der Waals surface area contributed by atoms with Gasteiger partial charge in [0, 0.05) is 18.1 Å². The maximum absolute atomic E-state index is 5.91. The summed E-state index contributed by atoms with van der Waals surface area (Å²) >= 11 is 0. The van der Waals surface area contributed by atoms with Gasteiger partial charge in [0.2, 0.25) is 0 Å². The van der Waals surface area contributed by atoms with Gasteiger partial charge in [0.25, 0.3) is 0 Å². The van der Waals surface area contributed by atoms with Crippen LogP contribution in [0.15, 0.2) is 0 Å². The van der Waals surface area contributed by atoms with Gasteiger partial charge in [0.1, 0.15) is 0 Å². The molecule has 2 bridgehead atoms. The monoisotopic (exact) mass is 139 g/mol. The van der Waals surface area contributed by atoms with E-state index < -0.39 is 0 Å². The zero-order chi connectivity index (χ0) is 7.14. The Morgan fingerprint density at radius 3 is 3.00 bits per heavy atom. The lowest BCUT2D eigenvalue weighted by molar-refractivity contribution is 0.189. The van der Waals surface area contributed by atoms with Gasteiger partial charge in [0.05, 0.1) is 0 Å². The molecule has 3 atom stereocenters. The highest BCUT2D eigenvalue weighted by Gasteiger charge is 2.38. The SMILES string of the molecule is CN1C2C[CH]C(N)C1CC2. The quantitative estimate of drug-likeness (QED) is 0.526. The Labute approximate surface area is 62.4 Å². The van der Waals surface area contributed by atoms with Crippen LogP contribution in [0.4, 0.5) is 0 Å². The summed E-state index contributed by atoms with van der Waals surface area (Å²) in [5.74, 6) is 0. The maximum atomic E-state index is 5.91. The predicted molar refractivity (Wildman–Crippen MR) is 41.5 cm³/mol. The first kappa shape index (κ1) is 6.62. The Bertz CT molecular complexity index is 135. The van der Waals surface area contributed by atoms with Crippen LogP contribution >= 0.6 is 0 Å². The van der Waals surface area contributed by atoms with E-state index in [0.717, 1.165) is 6.04 Å². The Morgan fingerprint density at radius 2 is 2.30 bits per heavy atom. The first-order valence-corrected chi connectivity index (χ1v) is 4.10. The summed E-state index contributed by atoms with van der Waals surface area (Å²) in [5, 5.41) is 0. The third kappa shape index (κ3) is 0.789. The van der Waals surface area contributed by atoms with E-state index in [2.05, 4.69) is 18.4 Å². The fraction of sp³-hybridized carbons (Fsp3) is 0.875. The topological polar surface area (TPSA) is 29.3 Å². The summed E-state index contributed by atoms with van der Waals surface area (Å²) in [5.41, 5.74) is 5.91. The van der Waals surface area contributed by atoms with Crippen molar-refractivity contribution in [2.75, 3.05) is 7.05 Å². The van der Waals surface area contributed by atoms with Gasteiger partial charge >= 0.3 is 0 Å². The molecule has 1 radical (unpaired) electrons. The van der Waals surface area contributed by atoms with Crippen molar-refractivity contribution in [3.63, 3.8) is 0 Å². The van der Waals surface area contributed by atoms with Gasteiger partial charge in [-0.2, -0.15) is 0 Å². The maximum Gasteiger partial charge on any atom is 0.0250 e. The molecule has 57 valence electrons. The van der Waals surface area contributed by atoms with Crippen LogP contribution in [0.3, 0.4) is 0 Å². The van der Waals surface area contributed by atoms with E-state index in [1.54, 1.807) is 0 Å². The van der Waals surface area contributed by atoms with Gasteiger partial charge in [-0.1, -0.05) is 0 Å². The number of rotatable bonds is 0. The molecule has 0 aromatic rings. The van der Waals surface area contributed by atoms with Crippen LogP contribution in [0, 0.1) is 6.42 Å². The van der Waals surface area contributed by atoms with Crippen LogP contribution in [-0.4, -0.2) is 30.1 Å². The largest absolute Gasteiger partial charge is 0.326 e. The second-order valence-corrected chi connectivity index (χ2v) is 3.51. The summed E-state index contributed by atoms with van der Waals surface area (Å²) in [6.07, 6.45) is 6.14. The lowest BCUT2D eigenvalue weighted by Gasteiger charge is -2.35. The smallest absolute Gasteiger partial charge is 0.0250 e. The number of hydrogen-bond donors (Lipinski definition) is 1. The Kier molecular flexibility index (Phi) is 1.46. The van der Waals surface area contributed by atoms with Gasteiger partial charge in [0.15, 0.2) is 0 Å². The predicted octanol–water partition coefficient (Wildman–Crippen LogP) is 0.384. The lowest BCUT2D eigenvalue weighted by atomic mass is 9.99. The highest BCUT2D eigenvalue weighted by atomic mass is 15.2. The summed E-state index contributed by atoms with van der Waals surface area (Å²) in [4.78, 5) is 2.45. The molecule has 0 amide bonds. The van der Waals surface area contributed by atoms with E-state index in [4.69, 9.17) is 5.73 Å². The van der Waals surface area contributed by atoms with Crippen molar-refractivity contribution >= 4 is 0 Å². The minimum atomic E-state index is 0.337. The van der Waals surface area contributed by atoms with Gasteiger partial charge in [-0.05, 0) is 32.7 Å². The molecule has 2 heteroatoms. The van der Waals surface area contributed by atoms with Crippen molar-refractivity contribution < 1.29 is 0 Å². The summed E-state index contributed by atoms with van der Waals surface area (Å²) < 4.78 is 0. The van der Waals surface area contributed by atoms with Gasteiger partial charge in [-0.25, -0.2) is 0 Å². The zero-order valence-corrected chi connectivity index (χ0v) is 6.46. The van der Waals surface area contributed by atoms with Crippen molar-refractivity contribution in [1.82, 2.24) is 4.90 Å². The number of likely N-dealkylation sites (N-methyl/N-ethyl adjacent to an activating group) is 1. The Hall–Kier alpha value is -0.0800. The van der Waals surface area contributed by atoms with E-state index >= 15 is 0 Å². The molecule has 2 rings (SSSR count). The van der Waals surface area contributed by atoms with Crippen LogP contribution in [0.5, 0.6) is 0 Å². The average Bonchev–Trinajstić information content (AvgIpc) is 2.13. The number of fused-ring (bicyclic) bond motifs is 2. The first-order valence-electron chi connectivity index (χ1n) is 4.10. The van der Waals surface area contributed by atoms with Gasteiger partial charge in [-0.15, -0.1) is 0 Å². The van der Waals surface area contributed by atoms with E-state index in [9.17, 15) is 0 Å². The Balaban J connectivity index is 2.13. The fourth-order valence-corrected chi connectivity index (χ4v) is 2.26. The normalized spacial score (nSPS) is 48.0. The molecular weight excluding hydrogens is 124 g/mol.